The van der Waals surface area contributed by atoms with Crippen LogP contribution in [0.5, 0.6) is 0 Å². The van der Waals surface area contributed by atoms with Crippen molar-refractivity contribution < 1.29 is 66.5 Å². The maximum absolute atomic E-state index is 13.1. The standard InChI is InChI=1S/C61H89N9O14/c1-44(37-45(2)54(73)16-20-71)3-12-52(83-43-72)13-7-46-5-10-51(11-6-46)64-18-22-76-24-26-78-28-30-80-32-34-82-36-35-81-33-31-79-29-27-77-25-23-75-21-17-56(74)69-19-15-48-38-47(4-8-50(48)41-69)40-70-60-57(59(62)65-42-66-60)58(68-70)49-9-14-55-53(39-49)67-61(63)84-55/h4,8-9,14,20,37-39,42-44,46,51-52,54,64,73H,3,5-7,10-13,15-19,21-36,40-41H2,1-2H3,(H2,63,67)(H2,62,65,66)/b45-37+. The number of hydrogen-bond acceptors (Lipinski definition) is 21. The number of carbonyl (C=O) groups is 3. The summed E-state index contributed by atoms with van der Waals surface area (Å²) in [6.07, 6.45) is 12.7. The smallest absolute Gasteiger partial charge is 0.293 e. The molecular formula is C61H89N9O14. The van der Waals surface area contributed by atoms with Crippen LogP contribution in [0, 0.1) is 11.8 Å². The van der Waals surface area contributed by atoms with Crippen LogP contribution in [0.3, 0.4) is 0 Å². The molecule has 0 bridgehead atoms. The zero-order valence-electron chi connectivity index (χ0n) is 49.2. The molecule has 0 spiro atoms. The number of fused-ring (bicyclic) bond motifs is 3. The summed E-state index contributed by atoms with van der Waals surface area (Å²) in [5.41, 5.74) is 19.6. The molecule has 2 aromatic carbocycles. The summed E-state index contributed by atoms with van der Waals surface area (Å²) in [4.78, 5) is 49.9. The molecule has 5 aromatic rings. The van der Waals surface area contributed by atoms with E-state index in [1.54, 1.807) is 6.07 Å². The van der Waals surface area contributed by atoms with Crippen molar-refractivity contribution in [1.29, 1.82) is 0 Å². The SMILES string of the molecule is C/C(=C\C(C)CCC(CCC1CCC(NCCOCCOCCOCCOCCOCCOCCOCCOCCC(=O)N2CCc3cc(Cn4nc(-c5ccc6oc(N)nc6c5)c5c(N)ncnc54)ccc3C2)CC1)OC=O)C(O)CC=O. The minimum absolute atomic E-state index is 0.0624. The van der Waals surface area contributed by atoms with Crippen LogP contribution < -0.4 is 16.8 Å². The first-order valence-electron chi connectivity index (χ1n) is 29.8. The van der Waals surface area contributed by atoms with Gasteiger partial charge in [0.1, 0.15) is 35.7 Å². The Morgan fingerprint density at radius 3 is 2.07 bits per heavy atom. The summed E-state index contributed by atoms with van der Waals surface area (Å²) in [7, 11) is 0. The van der Waals surface area contributed by atoms with Crippen LogP contribution in [-0.2, 0) is 76.5 Å². The number of anilines is 2. The number of rotatable bonds is 43. The second-order valence-corrected chi connectivity index (χ2v) is 21.5. The quantitative estimate of drug-likeness (QED) is 0.0197. The molecular weight excluding hydrogens is 1080 g/mol. The Bertz CT molecular complexity index is 2770. The number of ether oxygens (including phenoxy) is 9. The molecule has 1 aliphatic carbocycles. The van der Waals surface area contributed by atoms with E-state index in [0.29, 0.717) is 184 Å². The molecule has 3 atom stereocenters. The number of allylic oxidation sites excluding steroid dienone is 1. The molecule has 462 valence electrons. The summed E-state index contributed by atoms with van der Waals surface area (Å²) in [6, 6.07) is 12.5. The van der Waals surface area contributed by atoms with E-state index in [-0.39, 0.29) is 30.4 Å². The highest BCUT2D eigenvalue weighted by Crippen LogP contribution is 2.34. The van der Waals surface area contributed by atoms with Crippen LogP contribution in [-0.4, -0.2) is 190 Å². The van der Waals surface area contributed by atoms with E-state index in [1.807, 2.05) is 34.7 Å². The van der Waals surface area contributed by atoms with Gasteiger partial charge < -0.3 is 78.6 Å². The van der Waals surface area contributed by atoms with Crippen molar-refractivity contribution in [2.45, 2.75) is 116 Å². The van der Waals surface area contributed by atoms with Gasteiger partial charge in [-0.1, -0.05) is 31.2 Å². The van der Waals surface area contributed by atoms with Gasteiger partial charge in [-0.2, -0.15) is 10.1 Å². The van der Waals surface area contributed by atoms with Crippen molar-refractivity contribution in [2.75, 3.05) is 130 Å². The van der Waals surface area contributed by atoms with Crippen molar-refractivity contribution >= 4 is 52.6 Å². The maximum Gasteiger partial charge on any atom is 0.293 e. The lowest BCUT2D eigenvalue weighted by Crippen LogP contribution is -2.36. The van der Waals surface area contributed by atoms with Crippen LogP contribution in [0.15, 0.2) is 58.8 Å². The van der Waals surface area contributed by atoms with Gasteiger partial charge in [0, 0.05) is 37.7 Å². The molecule has 6 N–H and O–H groups in total. The van der Waals surface area contributed by atoms with Gasteiger partial charge in [-0.25, -0.2) is 14.6 Å². The second-order valence-electron chi connectivity index (χ2n) is 21.5. The summed E-state index contributed by atoms with van der Waals surface area (Å²) >= 11 is 0. The average molecular weight is 1170 g/mol. The highest BCUT2D eigenvalue weighted by Gasteiger charge is 2.25. The Labute approximate surface area is 492 Å². The molecule has 2 aliphatic rings. The van der Waals surface area contributed by atoms with Crippen LogP contribution in [0.25, 0.3) is 33.4 Å². The summed E-state index contributed by atoms with van der Waals surface area (Å²) in [5.74, 6) is 1.26. The Balaban J connectivity index is 0.596. The lowest BCUT2D eigenvalue weighted by atomic mass is 9.82. The predicted molar refractivity (Wildman–Crippen MR) is 316 cm³/mol. The van der Waals surface area contributed by atoms with Crippen molar-refractivity contribution in [3.05, 3.63) is 71.1 Å². The first-order valence-corrected chi connectivity index (χ1v) is 29.8. The van der Waals surface area contributed by atoms with Gasteiger partial charge in [-0.15, -0.1) is 0 Å². The molecule has 1 saturated carbocycles. The van der Waals surface area contributed by atoms with E-state index in [9.17, 15) is 19.5 Å². The number of nitrogens with zero attached hydrogens (tertiary/aromatic N) is 6. The molecule has 84 heavy (non-hydrogen) atoms. The number of oxazole rings is 1. The lowest BCUT2D eigenvalue weighted by molar-refractivity contribution is -0.135. The second kappa shape index (κ2) is 36.8. The van der Waals surface area contributed by atoms with Crippen molar-refractivity contribution in [3.63, 3.8) is 0 Å². The van der Waals surface area contributed by atoms with Crippen molar-refractivity contribution in [2.24, 2.45) is 11.8 Å². The highest BCUT2D eigenvalue weighted by atomic mass is 16.6. The minimum atomic E-state index is -0.733. The Hall–Kier alpha value is -5.99. The van der Waals surface area contributed by atoms with E-state index >= 15 is 0 Å². The van der Waals surface area contributed by atoms with E-state index in [2.05, 4.69) is 45.4 Å². The number of aldehydes is 1. The summed E-state index contributed by atoms with van der Waals surface area (Å²) in [6.45, 7) is 14.5. The number of carbonyl (C=O) groups excluding carboxylic acids is 3. The number of aliphatic hydroxyl groups is 1. The van der Waals surface area contributed by atoms with Crippen molar-refractivity contribution in [1.82, 2.24) is 34.9 Å². The zero-order valence-corrected chi connectivity index (χ0v) is 49.2. The monoisotopic (exact) mass is 1170 g/mol. The number of nitrogens with one attached hydrogen (secondary N) is 1. The van der Waals surface area contributed by atoms with E-state index in [4.69, 9.17) is 63.6 Å². The number of nitrogens with two attached hydrogens (primary N) is 2. The Kier molecular flexibility index (Phi) is 28.7. The molecule has 23 nitrogen and oxygen atoms in total. The van der Waals surface area contributed by atoms with Crippen LogP contribution in [0.4, 0.5) is 11.8 Å². The third kappa shape index (κ3) is 22.1. The number of hydrogen-bond donors (Lipinski definition) is 4. The third-order valence-corrected chi connectivity index (χ3v) is 15.3. The molecule has 0 saturated heterocycles. The molecule has 1 amide bonds. The van der Waals surface area contributed by atoms with Crippen LogP contribution >= 0.6 is 0 Å². The van der Waals surface area contributed by atoms with E-state index < -0.39 is 6.10 Å². The van der Waals surface area contributed by atoms with Crippen LogP contribution in [0.1, 0.15) is 94.7 Å². The molecule has 1 aliphatic heterocycles. The van der Waals surface area contributed by atoms with Gasteiger partial charge in [0.2, 0.25) is 5.91 Å². The molecule has 4 heterocycles. The molecule has 23 heteroatoms. The van der Waals surface area contributed by atoms with Crippen LogP contribution in [0.2, 0.25) is 0 Å². The number of amides is 1. The first-order chi connectivity index (χ1) is 41.1. The maximum atomic E-state index is 13.1. The molecule has 0 radical (unpaired) electrons. The van der Waals surface area contributed by atoms with Crippen molar-refractivity contribution in [3.8, 4) is 11.3 Å². The van der Waals surface area contributed by atoms with E-state index in [1.165, 1.54) is 11.9 Å². The van der Waals surface area contributed by atoms with Gasteiger partial charge in [0.15, 0.2) is 11.2 Å². The molecule has 1 fully saturated rings. The van der Waals surface area contributed by atoms with Gasteiger partial charge in [-0.3, -0.25) is 9.59 Å². The number of aliphatic hydroxyl groups excluding tert-OH is 1. The van der Waals surface area contributed by atoms with E-state index in [0.717, 1.165) is 92.9 Å². The number of aromatic nitrogens is 5. The Morgan fingerprint density at radius 2 is 1.43 bits per heavy atom. The largest absolute Gasteiger partial charge is 0.465 e. The van der Waals surface area contributed by atoms with Gasteiger partial charge in [-0.05, 0) is 117 Å². The lowest BCUT2D eigenvalue weighted by Gasteiger charge is -2.30. The normalized spacial score (nSPS) is 16.7. The van der Waals surface area contributed by atoms with Gasteiger partial charge >= 0.3 is 0 Å². The minimum Gasteiger partial charge on any atom is -0.465 e. The highest BCUT2D eigenvalue weighted by molar-refractivity contribution is 5.99. The molecule has 3 aromatic heterocycles. The van der Waals surface area contributed by atoms with Gasteiger partial charge in [0.25, 0.3) is 12.5 Å². The topological polar surface area (TPSA) is 291 Å². The first kappa shape index (κ1) is 65.6. The molecule has 3 unspecified atom stereocenters. The zero-order chi connectivity index (χ0) is 59.1. The fourth-order valence-electron chi connectivity index (χ4n) is 10.6. The fraction of sp³-hybridized carbons (Fsp3) is 0.623. The number of benzene rings is 2. The van der Waals surface area contributed by atoms with Gasteiger partial charge in [0.05, 0.1) is 130 Å². The predicted octanol–water partition coefficient (Wildman–Crippen LogP) is 6.04. The fourth-order valence-corrected chi connectivity index (χ4v) is 10.6. The number of nitrogen functional groups attached to an aromatic ring is 2. The average Bonchev–Trinajstić information content (AvgIpc) is 3.71. The summed E-state index contributed by atoms with van der Waals surface area (Å²) < 4.78 is 57.7. The summed E-state index contributed by atoms with van der Waals surface area (Å²) in [5, 5.41) is 19.2. The Morgan fingerprint density at radius 1 is 0.786 bits per heavy atom. The third-order valence-electron chi connectivity index (χ3n) is 15.3. The molecule has 7 rings (SSSR count).